The van der Waals surface area contributed by atoms with Gasteiger partial charge in [0.15, 0.2) is 0 Å². The fraction of sp³-hybridized carbons (Fsp3) is 0.625. The second-order valence-electron chi connectivity index (χ2n) is 5.73. The van der Waals surface area contributed by atoms with E-state index in [0.717, 1.165) is 43.5 Å². The van der Waals surface area contributed by atoms with E-state index in [2.05, 4.69) is 5.32 Å². The van der Waals surface area contributed by atoms with Gasteiger partial charge in [-0.3, -0.25) is 0 Å². The molecule has 1 heterocycles. The highest BCUT2D eigenvalue weighted by atomic mass is 19.4. The third-order valence-electron chi connectivity index (χ3n) is 4.09. The third kappa shape index (κ3) is 3.77. The van der Waals surface area contributed by atoms with Gasteiger partial charge in [-0.05, 0) is 50.4 Å². The van der Waals surface area contributed by atoms with Crippen LogP contribution >= 0.6 is 0 Å². The number of likely N-dealkylation sites (N-methyl/N-ethyl adjacent to an activating group) is 1. The summed E-state index contributed by atoms with van der Waals surface area (Å²) in [4.78, 5) is 0. The Hall–Kier alpha value is -1.07. The monoisotopic (exact) mass is 301 g/mol. The molecule has 0 aromatic heterocycles. The van der Waals surface area contributed by atoms with E-state index in [-0.39, 0.29) is 11.6 Å². The van der Waals surface area contributed by atoms with Crippen LogP contribution in [0.2, 0.25) is 0 Å². The van der Waals surface area contributed by atoms with Gasteiger partial charge in [-0.1, -0.05) is 19.1 Å². The van der Waals surface area contributed by atoms with Gasteiger partial charge < -0.3 is 10.1 Å². The molecule has 1 saturated heterocycles. The molecule has 0 saturated carbocycles. The predicted molar refractivity (Wildman–Crippen MR) is 76.1 cm³/mol. The van der Waals surface area contributed by atoms with Gasteiger partial charge in [0, 0.05) is 6.61 Å². The molecular weight excluding hydrogens is 279 g/mol. The van der Waals surface area contributed by atoms with Crippen molar-refractivity contribution in [1.82, 2.24) is 5.32 Å². The number of nitrogens with one attached hydrogen (secondary N) is 1. The molecule has 2 atom stereocenters. The molecule has 1 aliphatic heterocycles. The molecule has 2 unspecified atom stereocenters. The first-order chi connectivity index (χ1) is 9.87. The molecule has 0 spiro atoms. The first-order valence-electron chi connectivity index (χ1n) is 7.41. The molecule has 1 aliphatic rings. The Morgan fingerprint density at radius 2 is 1.90 bits per heavy atom. The van der Waals surface area contributed by atoms with Crippen LogP contribution in [0.25, 0.3) is 0 Å². The maximum Gasteiger partial charge on any atom is 0.416 e. The summed E-state index contributed by atoms with van der Waals surface area (Å²) in [5.74, 6) is 0. The Bertz CT molecular complexity index is 450. The smallest absolute Gasteiger partial charge is 0.373 e. The van der Waals surface area contributed by atoms with Crippen molar-refractivity contribution in [2.75, 3.05) is 13.2 Å². The summed E-state index contributed by atoms with van der Waals surface area (Å²) < 4.78 is 43.9. The van der Waals surface area contributed by atoms with Gasteiger partial charge in [-0.2, -0.15) is 13.2 Å². The SMILES string of the molecule is CCNC(c1ccc(C(F)(F)F)cc1)C1(C)CCCCO1. The van der Waals surface area contributed by atoms with Crippen molar-refractivity contribution < 1.29 is 17.9 Å². The number of benzene rings is 1. The average Bonchev–Trinajstić information content (AvgIpc) is 2.44. The summed E-state index contributed by atoms with van der Waals surface area (Å²) in [5.41, 5.74) is -0.140. The quantitative estimate of drug-likeness (QED) is 0.894. The summed E-state index contributed by atoms with van der Waals surface area (Å²) in [5, 5.41) is 3.36. The maximum absolute atomic E-state index is 12.7. The summed E-state index contributed by atoms with van der Waals surface area (Å²) in [6.45, 7) is 5.48. The van der Waals surface area contributed by atoms with E-state index in [0.29, 0.717) is 6.61 Å². The van der Waals surface area contributed by atoms with Gasteiger partial charge in [-0.25, -0.2) is 0 Å². The highest BCUT2D eigenvalue weighted by Gasteiger charge is 2.38. The summed E-state index contributed by atoms with van der Waals surface area (Å²) >= 11 is 0. The molecule has 5 heteroatoms. The van der Waals surface area contributed by atoms with Crippen LogP contribution in [0.5, 0.6) is 0 Å². The van der Waals surface area contributed by atoms with Crippen molar-refractivity contribution in [1.29, 1.82) is 0 Å². The van der Waals surface area contributed by atoms with Crippen LogP contribution in [0.1, 0.15) is 50.3 Å². The molecule has 1 fully saturated rings. The van der Waals surface area contributed by atoms with Crippen molar-refractivity contribution in [2.45, 2.75) is 50.9 Å². The lowest BCUT2D eigenvalue weighted by atomic mass is 9.84. The molecule has 1 N–H and O–H groups in total. The maximum atomic E-state index is 12.7. The molecule has 1 aromatic rings. The molecule has 0 aliphatic carbocycles. The van der Waals surface area contributed by atoms with E-state index in [1.54, 1.807) is 12.1 Å². The number of hydrogen-bond acceptors (Lipinski definition) is 2. The largest absolute Gasteiger partial charge is 0.416 e. The lowest BCUT2D eigenvalue weighted by molar-refractivity contribution is -0.137. The van der Waals surface area contributed by atoms with E-state index in [4.69, 9.17) is 4.74 Å². The molecule has 1 aromatic carbocycles. The highest BCUT2D eigenvalue weighted by Crippen LogP contribution is 2.37. The standard InChI is InChI=1S/C16H22F3NO/c1-3-20-14(15(2)10-4-5-11-21-15)12-6-8-13(9-7-12)16(17,18)19/h6-9,14,20H,3-5,10-11H2,1-2H3. The van der Waals surface area contributed by atoms with E-state index in [9.17, 15) is 13.2 Å². The Balaban J connectivity index is 2.25. The van der Waals surface area contributed by atoms with Gasteiger partial charge >= 0.3 is 6.18 Å². The van der Waals surface area contributed by atoms with Gasteiger partial charge in [-0.15, -0.1) is 0 Å². The number of alkyl halides is 3. The molecule has 2 nitrogen and oxygen atoms in total. The molecule has 0 amide bonds. The van der Waals surface area contributed by atoms with Gasteiger partial charge in [0.2, 0.25) is 0 Å². The molecule has 0 bridgehead atoms. The Morgan fingerprint density at radius 3 is 2.38 bits per heavy atom. The van der Waals surface area contributed by atoms with Gasteiger partial charge in [0.05, 0.1) is 17.2 Å². The number of rotatable bonds is 4. The van der Waals surface area contributed by atoms with Crippen LogP contribution in [-0.2, 0) is 10.9 Å². The fourth-order valence-electron chi connectivity index (χ4n) is 2.94. The lowest BCUT2D eigenvalue weighted by Gasteiger charge is -2.41. The zero-order valence-electron chi connectivity index (χ0n) is 12.5. The van der Waals surface area contributed by atoms with Crippen LogP contribution in [0.4, 0.5) is 13.2 Å². The summed E-state index contributed by atoms with van der Waals surface area (Å²) in [7, 11) is 0. The number of ether oxygens (including phenoxy) is 1. The molecular formula is C16H22F3NO. The van der Waals surface area contributed by atoms with Gasteiger partial charge in [0.1, 0.15) is 0 Å². The number of hydrogen-bond donors (Lipinski definition) is 1. The minimum atomic E-state index is -4.29. The molecule has 0 radical (unpaired) electrons. The van der Waals surface area contributed by atoms with Crippen LogP contribution in [0.15, 0.2) is 24.3 Å². The molecule has 118 valence electrons. The van der Waals surface area contributed by atoms with E-state index >= 15 is 0 Å². The minimum absolute atomic E-state index is 0.0925. The van der Waals surface area contributed by atoms with Crippen LogP contribution in [0, 0.1) is 0 Å². The average molecular weight is 301 g/mol. The van der Waals surface area contributed by atoms with Gasteiger partial charge in [0.25, 0.3) is 0 Å². The molecule has 21 heavy (non-hydrogen) atoms. The van der Waals surface area contributed by atoms with Crippen molar-refractivity contribution in [2.24, 2.45) is 0 Å². The lowest BCUT2D eigenvalue weighted by Crippen LogP contribution is -2.45. The van der Waals surface area contributed by atoms with Crippen LogP contribution in [-0.4, -0.2) is 18.8 Å². The van der Waals surface area contributed by atoms with Crippen LogP contribution < -0.4 is 5.32 Å². The second-order valence-corrected chi connectivity index (χ2v) is 5.73. The summed E-state index contributed by atoms with van der Waals surface area (Å²) in [6.07, 6.45) is -1.26. The van der Waals surface area contributed by atoms with E-state index < -0.39 is 11.7 Å². The Kier molecular flexibility index (Phi) is 4.94. The van der Waals surface area contributed by atoms with Crippen molar-refractivity contribution >= 4 is 0 Å². The zero-order valence-corrected chi connectivity index (χ0v) is 12.5. The predicted octanol–water partition coefficient (Wildman–Crippen LogP) is 4.32. The zero-order chi connectivity index (χ0) is 15.5. The topological polar surface area (TPSA) is 21.3 Å². The Labute approximate surface area is 123 Å². The highest BCUT2D eigenvalue weighted by molar-refractivity contribution is 5.28. The molecule has 2 rings (SSSR count). The van der Waals surface area contributed by atoms with Crippen molar-refractivity contribution in [3.8, 4) is 0 Å². The van der Waals surface area contributed by atoms with E-state index in [1.807, 2.05) is 13.8 Å². The summed E-state index contributed by atoms with van der Waals surface area (Å²) in [6, 6.07) is 5.31. The van der Waals surface area contributed by atoms with Crippen LogP contribution in [0.3, 0.4) is 0 Å². The first-order valence-corrected chi connectivity index (χ1v) is 7.41. The van der Waals surface area contributed by atoms with Crippen molar-refractivity contribution in [3.05, 3.63) is 35.4 Å². The first kappa shape index (κ1) is 16.3. The number of halogens is 3. The van der Waals surface area contributed by atoms with E-state index in [1.165, 1.54) is 0 Å². The normalized spacial score (nSPS) is 24.8. The minimum Gasteiger partial charge on any atom is -0.373 e. The third-order valence-corrected chi connectivity index (χ3v) is 4.09. The van der Waals surface area contributed by atoms with Crippen molar-refractivity contribution in [3.63, 3.8) is 0 Å². The second kappa shape index (κ2) is 6.36. The Morgan fingerprint density at radius 1 is 1.24 bits per heavy atom. The fourth-order valence-corrected chi connectivity index (χ4v) is 2.94.